The van der Waals surface area contributed by atoms with Gasteiger partial charge in [0.15, 0.2) is 0 Å². The molecule has 0 spiro atoms. The average molecular weight is 272 g/mol. The summed E-state index contributed by atoms with van der Waals surface area (Å²) in [6.07, 6.45) is 4.44. The molecule has 106 valence electrons. The first-order valence-electron chi connectivity index (χ1n) is 6.72. The van der Waals surface area contributed by atoms with Crippen LogP contribution in [-0.4, -0.2) is 11.9 Å². The van der Waals surface area contributed by atoms with Crippen LogP contribution in [0.1, 0.15) is 24.0 Å². The van der Waals surface area contributed by atoms with Crippen molar-refractivity contribution >= 4 is 17.6 Å². The highest BCUT2D eigenvalue weighted by Crippen LogP contribution is 2.27. The summed E-state index contributed by atoms with van der Waals surface area (Å²) < 4.78 is 0. The Hall–Kier alpha value is -2.10. The van der Waals surface area contributed by atoms with E-state index in [2.05, 4.69) is 5.32 Å². The number of carbonyl (C=O) groups is 2. The third kappa shape index (κ3) is 3.26. The Labute approximate surface area is 118 Å². The lowest BCUT2D eigenvalue weighted by Gasteiger charge is -2.28. The summed E-state index contributed by atoms with van der Waals surface area (Å²) in [5.41, 5.74) is 2.82. The van der Waals surface area contributed by atoms with Crippen molar-refractivity contribution in [3.8, 4) is 0 Å². The van der Waals surface area contributed by atoms with Crippen LogP contribution >= 0.6 is 0 Å². The number of aliphatic carboxylic acids is 1. The van der Waals surface area contributed by atoms with Gasteiger partial charge in [0.25, 0.3) is 0 Å². The molecule has 0 bridgehead atoms. The van der Waals surface area contributed by atoms with E-state index in [-0.39, 0.29) is 5.91 Å². The van der Waals surface area contributed by atoms with Gasteiger partial charge in [0.05, 0.1) is 5.92 Å². The van der Waals surface area contributed by atoms with Crippen LogP contribution in [0, 0.1) is 25.7 Å². The normalized spacial score (nSPS) is 21.5. The Morgan fingerprint density at radius 1 is 1.05 bits per heavy atom. The summed E-state index contributed by atoms with van der Waals surface area (Å²) in [4.78, 5) is 23.4. The maximum Gasteiger partial charge on any atom is 0.228 e. The molecule has 0 radical (unpaired) electrons. The fraction of sp³-hybridized carbons (Fsp3) is 0.375. The number of anilines is 1. The smallest absolute Gasteiger partial charge is 0.228 e. The van der Waals surface area contributed by atoms with Gasteiger partial charge in [-0.1, -0.05) is 18.2 Å². The van der Waals surface area contributed by atoms with Crippen LogP contribution in [0.3, 0.4) is 0 Å². The van der Waals surface area contributed by atoms with Crippen molar-refractivity contribution in [1.82, 2.24) is 0 Å². The van der Waals surface area contributed by atoms with E-state index in [0.717, 1.165) is 11.1 Å². The van der Waals surface area contributed by atoms with Crippen LogP contribution in [0.25, 0.3) is 0 Å². The molecule has 0 heterocycles. The molecule has 0 aliphatic heterocycles. The van der Waals surface area contributed by atoms with Crippen LogP contribution in [-0.2, 0) is 9.59 Å². The second-order valence-corrected chi connectivity index (χ2v) is 5.34. The van der Waals surface area contributed by atoms with Crippen molar-refractivity contribution in [3.63, 3.8) is 0 Å². The van der Waals surface area contributed by atoms with Crippen molar-refractivity contribution in [1.29, 1.82) is 0 Å². The van der Waals surface area contributed by atoms with Crippen molar-refractivity contribution in [2.24, 2.45) is 11.8 Å². The predicted octanol–water partition coefficient (Wildman–Crippen LogP) is 1.57. The molecular weight excluding hydrogens is 254 g/mol. The second-order valence-electron chi connectivity index (χ2n) is 5.34. The molecule has 2 atom stereocenters. The first-order valence-corrected chi connectivity index (χ1v) is 6.72. The van der Waals surface area contributed by atoms with Crippen LogP contribution in [0.4, 0.5) is 5.69 Å². The molecule has 1 aromatic carbocycles. The van der Waals surface area contributed by atoms with Crippen molar-refractivity contribution < 1.29 is 14.7 Å². The quantitative estimate of drug-likeness (QED) is 0.849. The number of carboxylic acids is 1. The minimum atomic E-state index is -1.16. The van der Waals surface area contributed by atoms with Gasteiger partial charge in [0.2, 0.25) is 5.91 Å². The Kier molecular flexibility index (Phi) is 4.23. The van der Waals surface area contributed by atoms with E-state index in [0.29, 0.717) is 18.5 Å². The zero-order valence-corrected chi connectivity index (χ0v) is 11.7. The number of benzene rings is 1. The van der Waals surface area contributed by atoms with Crippen molar-refractivity contribution in [2.75, 3.05) is 5.32 Å². The zero-order valence-electron chi connectivity index (χ0n) is 11.7. The first-order chi connectivity index (χ1) is 9.47. The molecule has 4 heteroatoms. The highest BCUT2D eigenvalue weighted by Gasteiger charge is 2.29. The van der Waals surface area contributed by atoms with Gasteiger partial charge < -0.3 is 15.2 Å². The molecular formula is C16H18NO3-. The summed E-state index contributed by atoms with van der Waals surface area (Å²) in [7, 11) is 0. The summed E-state index contributed by atoms with van der Waals surface area (Å²) in [6.45, 7) is 3.91. The molecule has 4 nitrogen and oxygen atoms in total. The van der Waals surface area contributed by atoms with E-state index in [1.165, 1.54) is 0 Å². The summed E-state index contributed by atoms with van der Waals surface area (Å²) in [5.74, 6) is -2.72. The van der Waals surface area contributed by atoms with Gasteiger partial charge in [-0.15, -0.1) is 0 Å². The number of carbonyl (C=O) groups excluding carboxylic acids is 2. The van der Waals surface area contributed by atoms with Crippen LogP contribution in [0.5, 0.6) is 0 Å². The lowest BCUT2D eigenvalue weighted by atomic mass is 9.82. The van der Waals surface area contributed by atoms with Crippen molar-refractivity contribution in [2.45, 2.75) is 26.7 Å². The zero-order chi connectivity index (χ0) is 14.7. The van der Waals surface area contributed by atoms with Gasteiger partial charge in [-0.3, -0.25) is 4.79 Å². The van der Waals surface area contributed by atoms with Gasteiger partial charge in [-0.25, -0.2) is 0 Å². The van der Waals surface area contributed by atoms with Gasteiger partial charge in [-0.05, 0) is 49.9 Å². The number of hydrogen-bond acceptors (Lipinski definition) is 3. The topological polar surface area (TPSA) is 69.2 Å². The second kappa shape index (κ2) is 5.90. The predicted molar refractivity (Wildman–Crippen MR) is 74.9 cm³/mol. The Bertz CT molecular complexity index is 543. The highest BCUT2D eigenvalue weighted by molar-refractivity contribution is 5.95. The molecule has 0 unspecified atom stereocenters. The molecule has 0 fully saturated rings. The molecule has 2 rings (SSSR count). The van der Waals surface area contributed by atoms with Crippen LogP contribution in [0.15, 0.2) is 30.4 Å². The summed E-state index contributed by atoms with van der Waals surface area (Å²) in [6, 6.07) is 5.76. The van der Waals surface area contributed by atoms with Gasteiger partial charge in [0.1, 0.15) is 0 Å². The number of carboxylic acid groups (broad SMARTS) is 1. The minimum Gasteiger partial charge on any atom is -0.550 e. The lowest BCUT2D eigenvalue weighted by Crippen LogP contribution is -2.41. The van der Waals surface area contributed by atoms with E-state index in [9.17, 15) is 14.7 Å². The van der Waals surface area contributed by atoms with Crippen molar-refractivity contribution in [3.05, 3.63) is 41.5 Å². The average Bonchev–Trinajstić information content (AvgIpc) is 2.37. The summed E-state index contributed by atoms with van der Waals surface area (Å²) >= 11 is 0. The SMILES string of the molecule is Cc1cc(C)cc(NC(=O)[C@H]2CC=CC[C@H]2C(=O)[O-])c1. The molecule has 1 aliphatic rings. The largest absolute Gasteiger partial charge is 0.550 e. The molecule has 1 amide bonds. The van der Waals surface area contributed by atoms with Gasteiger partial charge in [0, 0.05) is 17.6 Å². The third-order valence-electron chi connectivity index (χ3n) is 3.56. The molecule has 0 aromatic heterocycles. The lowest BCUT2D eigenvalue weighted by molar-refractivity contribution is -0.313. The standard InChI is InChI=1S/C16H19NO3/c1-10-7-11(2)9-12(8-10)17-15(18)13-5-3-4-6-14(13)16(19)20/h3-4,7-9,13-14H,5-6H2,1-2H3,(H,17,18)(H,19,20)/p-1/t13-,14+/m0/s1. The number of rotatable bonds is 3. The minimum absolute atomic E-state index is 0.256. The van der Waals surface area contributed by atoms with E-state index in [1.807, 2.05) is 38.1 Å². The number of nitrogens with one attached hydrogen (secondary N) is 1. The molecule has 1 aromatic rings. The molecule has 20 heavy (non-hydrogen) atoms. The molecule has 0 saturated carbocycles. The molecule has 1 N–H and O–H groups in total. The fourth-order valence-corrected chi connectivity index (χ4v) is 2.65. The number of hydrogen-bond donors (Lipinski definition) is 1. The fourth-order valence-electron chi connectivity index (χ4n) is 2.65. The first kappa shape index (κ1) is 14.3. The van der Waals surface area contributed by atoms with Crippen LogP contribution < -0.4 is 10.4 Å². The van der Waals surface area contributed by atoms with E-state index < -0.39 is 17.8 Å². The molecule has 1 aliphatic carbocycles. The Morgan fingerprint density at radius 3 is 2.15 bits per heavy atom. The van der Waals surface area contributed by atoms with Gasteiger partial charge >= 0.3 is 0 Å². The number of allylic oxidation sites excluding steroid dienone is 2. The monoisotopic (exact) mass is 272 g/mol. The highest BCUT2D eigenvalue weighted by atomic mass is 16.4. The van der Waals surface area contributed by atoms with Crippen LogP contribution in [0.2, 0.25) is 0 Å². The third-order valence-corrected chi connectivity index (χ3v) is 3.56. The Morgan fingerprint density at radius 2 is 1.60 bits per heavy atom. The summed E-state index contributed by atoms with van der Waals surface area (Å²) in [5, 5.41) is 13.9. The number of aryl methyl sites for hydroxylation is 2. The number of amides is 1. The van der Waals surface area contributed by atoms with E-state index in [1.54, 1.807) is 6.08 Å². The van der Waals surface area contributed by atoms with Gasteiger partial charge in [-0.2, -0.15) is 0 Å². The maximum atomic E-state index is 12.3. The maximum absolute atomic E-state index is 12.3. The van der Waals surface area contributed by atoms with E-state index in [4.69, 9.17) is 0 Å². The Balaban J connectivity index is 2.14. The van der Waals surface area contributed by atoms with E-state index >= 15 is 0 Å². The molecule has 0 saturated heterocycles.